The summed E-state index contributed by atoms with van der Waals surface area (Å²) in [6.45, 7) is 1.93. The Bertz CT molecular complexity index is 1270. The molecule has 4 nitrogen and oxygen atoms in total. The number of pyridine rings is 2. The van der Waals surface area contributed by atoms with Crippen molar-refractivity contribution >= 4 is 28.2 Å². The van der Waals surface area contributed by atoms with E-state index in [2.05, 4.69) is 10.3 Å². The number of rotatable bonds is 4. The second-order valence-electron chi connectivity index (χ2n) is 6.69. The minimum atomic E-state index is -0.435. The van der Waals surface area contributed by atoms with Crippen LogP contribution in [0, 0.1) is 5.82 Å². The van der Waals surface area contributed by atoms with Gasteiger partial charge in [0.25, 0.3) is 5.56 Å². The molecule has 0 saturated carbocycles. The molecule has 0 bridgehead atoms. The zero-order valence-electron chi connectivity index (χ0n) is 16.0. The maximum atomic E-state index is 14.6. The minimum absolute atomic E-state index is 0.172. The zero-order chi connectivity index (χ0) is 20.5. The van der Waals surface area contributed by atoms with Crippen molar-refractivity contribution in [3.05, 3.63) is 87.7 Å². The van der Waals surface area contributed by atoms with Crippen molar-refractivity contribution in [2.45, 2.75) is 13.3 Å². The molecule has 4 rings (SSSR count). The molecule has 1 N–H and O–H groups in total. The standard InChI is InChI=1S/C23H19ClFN3O/c1-3-16-17-10-22(26-2)27-12-15(17)13-28(23(16)29)21-9-18(20(25)11-19(21)24)14-7-5-4-6-8-14/h4-13,26H,3H2,1-2H3. The van der Waals surface area contributed by atoms with E-state index in [1.807, 2.05) is 43.3 Å². The normalized spacial score (nSPS) is 11.0. The number of benzene rings is 2. The molecule has 0 unspecified atom stereocenters. The number of fused-ring (bicyclic) bond motifs is 1. The molecule has 2 aromatic carbocycles. The summed E-state index contributed by atoms with van der Waals surface area (Å²) in [5.74, 6) is 0.255. The van der Waals surface area contributed by atoms with Crippen LogP contribution in [0.5, 0.6) is 0 Å². The number of nitrogens with one attached hydrogen (secondary N) is 1. The van der Waals surface area contributed by atoms with Crippen molar-refractivity contribution in [2.24, 2.45) is 0 Å². The molecule has 0 saturated heterocycles. The van der Waals surface area contributed by atoms with Crippen LogP contribution >= 0.6 is 11.6 Å². The molecule has 4 aromatic rings. The molecular weight excluding hydrogens is 389 g/mol. The first kappa shape index (κ1) is 19.2. The number of anilines is 1. The topological polar surface area (TPSA) is 46.9 Å². The Morgan fingerprint density at radius 1 is 1.17 bits per heavy atom. The average molecular weight is 408 g/mol. The molecule has 0 amide bonds. The summed E-state index contributed by atoms with van der Waals surface area (Å²) in [6, 6.07) is 13.9. The molecule has 2 heterocycles. The van der Waals surface area contributed by atoms with Crippen LogP contribution in [0.2, 0.25) is 5.02 Å². The van der Waals surface area contributed by atoms with Crippen molar-refractivity contribution in [3.8, 4) is 16.8 Å². The Kier molecular flexibility index (Phi) is 5.07. The van der Waals surface area contributed by atoms with Gasteiger partial charge in [-0.15, -0.1) is 0 Å². The lowest BCUT2D eigenvalue weighted by molar-refractivity contribution is 0.631. The van der Waals surface area contributed by atoms with E-state index in [4.69, 9.17) is 11.6 Å². The zero-order valence-corrected chi connectivity index (χ0v) is 16.8. The number of hydrogen-bond acceptors (Lipinski definition) is 3. The summed E-state index contributed by atoms with van der Waals surface area (Å²) in [7, 11) is 1.78. The number of aryl methyl sites for hydroxylation is 1. The van der Waals surface area contributed by atoms with Gasteiger partial charge < -0.3 is 5.32 Å². The van der Waals surface area contributed by atoms with Crippen LogP contribution < -0.4 is 10.9 Å². The third-order valence-electron chi connectivity index (χ3n) is 5.00. The Morgan fingerprint density at radius 2 is 1.93 bits per heavy atom. The molecule has 0 aliphatic heterocycles. The van der Waals surface area contributed by atoms with E-state index in [0.29, 0.717) is 34.6 Å². The molecule has 2 aromatic heterocycles. The van der Waals surface area contributed by atoms with Gasteiger partial charge in [0.2, 0.25) is 0 Å². The molecular formula is C23H19ClFN3O. The fourth-order valence-corrected chi connectivity index (χ4v) is 3.75. The van der Waals surface area contributed by atoms with Crippen LogP contribution in [0.4, 0.5) is 10.2 Å². The fraction of sp³-hybridized carbons (Fsp3) is 0.130. The molecule has 0 spiro atoms. The van der Waals surface area contributed by atoms with E-state index in [-0.39, 0.29) is 10.6 Å². The lowest BCUT2D eigenvalue weighted by Gasteiger charge is -2.15. The highest BCUT2D eigenvalue weighted by Crippen LogP contribution is 2.31. The number of aromatic nitrogens is 2. The van der Waals surface area contributed by atoms with Gasteiger partial charge >= 0.3 is 0 Å². The van der Waals surface area contributed by atoms with E-state index in [1.54, 1.807) is 25.5 Å². The van der Waals surface area contributed by atoms with Crippen molar-refractivity contribution in [2.75, 3.05) is 12.4 Å². The smallest absolute Gasteiger partial charge is 0.258 e. The summed E-state index contributed by atoms with van der Waals surface area (Å²) < 4.78 is 16.1. The highest BCUT2D eigenvalue weighted by atomic mass is 35.5. The number of nitrogens with zero attached hydrogens (tertiary/aromatic N) is 2. The van der Waals surface area contributed by atoms with Gasteiger partial charge in [0.1, 0.15) is 11.6 Å². The van der Waals surface area contributed by atoms with Crippen LogP contribution in [0.25, 0.3) is 27.6 Å². The van der Waals surface area contributed by atoms with Gasteiger partial charge in [0, 0.05) is 36.0 Å². The molecule has 0 aliphatic rings. The Labute approximate surface area is 172 Å². The number of halogens is 2. The third-order valence-corrected chi connectivity index (χ3v) is 5.30. The van der Waals surface area contributed by atoms with Gasteiger partial charge in [-0.1, -0.05) is 48.9 Å². The van der Waals surface area contributed by atoms with E-state index >= 15 is 0 Å². The van der Waals surface area contributed by atoms with Crippen molar-refractivity contribution in [3.63, 3.8) is 0 Å². The van der Waals surface area contributed by atoms with E-state index in [1.165, 1.54) is 10.6 Å². The predicted molar refractivity (Wildman–Crippen MR) is 117 cm³/mol. The lowest BCUT2D eigenvalue weighted by atomic mass is 10.0. The average Bonchev–Trinajstić information content (AvgIpc) is 2.74. The molecule has 0 aliphatic carbocycles. The van der Waals surface area contributed by atoms with Crippen LogP contribution in [0.3, 0.4) is 0 Å². The number of hydrogen-bond donors (Lipinski definition) is 1. The molecule has 0 radical (unpaired) electrons. The second-order valence-corrected chi connectivity index (χ2v) is 7.10. The molecule has 6 heteroatoms. The first-order valence-electron chi connectivity index (χ1n) is 9.30. The minimum Gasteiger partial charge on any atom is -0.373 e. The quantitative estimate of drug-likeness (QED) is 0.489. The summed E-state index contributed by atoms with van der Waals surface area (Å²) in [6.07, 6.45) is 3.97. The lowest BCUT2D eigenvalue weighted by Crippen LogP contribution is -2.22. The van der Waals surface area contributed by atoms with Crippen LogP contribution in [-0.2, 0) is 6.42 Å². The van der Waals surface area contributed by atoms with Crippen molar-refractivity contribution in [1.29, 1.82) is 0 Å². The van der Waals surface area contributed by atoms with Crippen LogP contribution in [-0.4, -0.2) is 16.6 Å². The van der Waals surface area contributed by atoms with Crippen molar-refractivity contribution in [1.82, 2.24) is 9.55 Å². The summed E-state index contributed by atoms with van der Waals surface area (Å²) >= 11 is 6.36. The van der Waals surface area contributed by atoms with Gasteiger partial charge in [-0.05, 0) is 35.6 Å². The monoisotopic (exact) mass is 407 g/mol. The summed E-state index contributed by atoms with van der Waals surface area (Å²) in [4.78, 5) is 17.6. The maximum Gasteiger partial charge on any atom is 0.258 e. The Hall–Kier alpha value is -3.18. The first-order chi connectivity index (χ1) is 14.0. The van der Waals surface area contributed by atoms with E-state index in [0.717, 1.165) is 10.8 Å². The Morgan fingerprint density at radius 3 is 2.62 bits per heavy atom. The first-order valence-corrected chi connectivity index (χ1v) is 9.68. The van der Waals surface area contributed by atoms with Crippen LogP contribution in [0.1, 0.15) is 12.5 Å². The predicted octanol–water partition coefficient (Wildman–Crippen LogP) is 5.45. The van der Waals surface area contributed by atoms with Gasteiger partial charge in [-0.2, -0.15) is 0 Å². The molecule has 0 fully saturated rings. The highest BCUT2D eigenvalue weighted by molar-refractivity contribution is 6.32. The van der Waals surface area contributed by atoms with E-state index < -0.39 is 5.82 Å². The van der Waals surface area contributed by atoms with Gasteiger partial charge in [0.15, 0.2) is 0 Å². The van der Waals surface area contributed by atoms with E-state index in [9.17, 15) is 9.18 Å². The molecule has 146 valence electrons. The van der Waals surface area contributed by atoms with Crippen molar-refractivity contribution < 1.29 is 4.39 Å². The maximum absolute atomic E-state index is 14.6. The summed E-state index contributed by atoms with van der Waals surface area (Å²) in [5, 5.41) is 4.82. The second kappa shape index (κ2) is 7.68. The van der Waals surface area contributed by atoms with Gasteiger partial charge in [0.05, 0.1) is 10.7 Å². The molecule has 0 atom stereocenters. The molecule has 29 heavy (non-hydrogen) atoms. The largest absolute Gasteiger partial charge is 0.373 e. The van der Waals surface area contributed by atoms with Gasteiger partial charge in [-0.3, -0.25) is 9.36 Å². The third kappa shape index (κ3) is 3.38. The van der Waals surface area contributed by atoms with Crippen LogP contribution in [0.15, 0.2) is 65.7 Å². The Balaban J connectivity index is 2.00. The summed E-state index contributed by atoms with van der Waals surface area (Å²) in [5.41, 5.74) is 2.02. The SMILES string of the molecule is CCc1c(=O)n(-c2cc(-c3ccccc3)c(F)cc2Cl)cc2cnc(NC)cc12. The fourth-order valence-electron chi connectivity index (χ4n) is 3.51. The van der Waals surface area contributed by atoms with Gasteiger partial charge in [-0.25, -0.2) is 9.37 Å². The highest BCUT2D eigenvalue weighted by Gasteiger charge is 2.16.